The third kappa shape index (κ3) is 2.96. The van der Waals surface area contributed by atoms with E-state index < -0.39 is 0 Å². The van der Waals surface area contributed by atoms with Crippen LogP contribution in [0.5, 0.6) is 0 Å². The van der Waals surface area contributed by atoms with Gasteiger partial charge in [-0.2, -0.15) is 5.26 Å². The molecule has 1 aliphatic heterocycles. The fourth-order valence-electron chi connectivity index (χ4n) is 2.19. The molecule has 1 heterocycles. The maximum atomic E-state index is 12.0. The summed E-state index contributed by atoms with van der Waals surface area (Å²) in [4.78, 5) is 24.8. The first kappa shape index (κ1) is 13.6. The molecular weight excluding hydrogens is 260 g/mol. The van der Waals surface area contributed by atoms with Gasteiger partial charge in [0, 0.05) is 30.8 Å². The number of hydrogen-bond donors (Lipinski definition) is 0. The van der Waals surface area contributed by atoms with Crippen molar-refractivity contribution in [3.63, 3.8) is 0 Å². The van der Waals surface area contributed by atoms with Crippen LogP contribution < -0.4 is 4.90 Å². The Balaban J connectivity index is 2.25. The predicted molar refractivity (Wildman–Crippen MR) is 74.9 cm³/mol. The smallest absolute Gasteiger partial charge is 0.228 e. The van der Waals surface area contributed by atoms with Crippen LogP contribution in [-0.4, -0.2) is 22.8 Å². The summed E-state index contributed by atoms with van der Waals surface area (Å²) < 4.78 is 0. The predicted octanol–water partition coefficient (Wildman–Crippen LogP) is 2.25. The van der Waals surface area contributed by atoms with Crippen LogP contribution in [0.4, 0.5) is 5.69 Å². The zero-order valence-corrected chi connectivity index (χ0v) is 11.7. The van der Waals surface area contributed by atoms with Crippen molar-refractivity contribution in [2.75, 3.05) is 11.4 Å². The van der Waals surface area contributed by atoms with Gasteiger partial charge in [-0.1, -0.05) is 17.8 Å². The Kier molecular flexibility index (Phi) is 3.91. The lowest BCUT2D eigenvalue weighted by atomic mass is 10.1. The molecule has 4 nitrogen and oxygen atoms in total. The van der Waals surface area contributed by atoms with Gasteiger partial charge >= 0.3 is 0 Å². The number of rotatable bonds is 2. The zero-order chi connectivity index (χ0) is 14.0. The van der Waals surface area contributed by atoms with Crippen molar-refractivity contribution in [1.29, 1.82) is 5.26 Å². The molecule has 1 aromatic carbocycles. The van der Waals surface area contributed by atoms with Gasteiger partial charge in [-0.25, -0.2) is 0 Å². The summed E-state index contributed by atoms with van der Waals surface area (Å²) in [6.07, 6.45) is 0.375. The summed E-state index contributed by atoms with van der Waals surface area (Å²) in [6.45, 7) is 3.95. The number of nitrogens with zero attached hydrogens (tertiary/aromatic N) is 2. The summed E-state index contributed by atoms with van der Waals surface area (Å²) >= 11 is 1.21. The molecule has 98 valence electrons. The average Bonchev–Trinajstić information content (AvgIpc) is 2.70. The van der Waals surface area contributed by atoms with E-state index in [9.17, 15) is 9.59 Å². The highest BCUT2D eigenvalue weighted by Gasteiger charge is 2.32. The molecule has 19 heavy (non-hydrogen) atoms. The molecule has 1 aromatic rings. The number of nitriles is 1. The van der Waals surface area contributed by atoms with Crippen molar-refractivity contribution >= 4 is 28.5 Å². The van der Waals surface area contributed by atoms with E-state index in [2.05, 4.69) is 6.07 Å². The minimum absolute atomic E-state index is 0.00939. The van der Waals surface area contributed by atoms with Crippen molar-refractivity contribution in [3.05, 3.63) is 29.3 Å². The lowest BCUT2D eigenvalue weighted by Gasteiger charge is -2.19. The molecule has 0 N–H and O–H groups in total. The normalized spacial score (nSPS) is 18.5. The molecular formula is C14H14N2O2S. The van der Waals surface area contributed by atoms with E-state index in [-0.39, 0.29) is 16.3 Å². The first-order chi connectivity index (χ1) is 9.01. The van der Waals surface area contributed by atoms with Crippen LogP contribution in [0.3, 0.4) is 0 Å². The minimum atomic E-state index is 0.00939. The van der Waals surface area contributed by atoms with E-state index >= 15 is 0 Å². The highest BCUT2D eigenvalue weighted by molar-refractivity contribution is 8.14. The summed E-state index contributed by atoms with van der Waals surface area (Å²) in [5.74, 6) is 0.0111. The maximum Gasteiger partial charge on any atom is 0.228 e. The first-order valence-electron chi connectivity index (χ1n) is 5.99. The maximum absolute atomic E-state index is 12.0. The quantitative estimate of drug-likeness (QED) is 0.830. The van der Waals surface area contributed by atoms with E-state index in [4.69, 9.17) is 5.26 Å². The Morgan fingerprint density at radius 3 is 2.89 bits per heavy atom. The topological polar surface area (TPSA) is 61.2 Å². The molecule has 5 heteroatoms. The van der Waals surface area contributed by atoms with Gasteiger partial charge in [0.15, 0.2) is 5.12 Å². The van der Waals surface area contributed by atoms with Gasteiger partial charge in [0.25, 0.3) is 0 Å². The van der Waals surface area contributed by atoms with E-state index in [0.29, 0.717) is 18.5 Å². The van der Waals surface area contributed by atoms with Crippen molar-refractivity contribution < 1.29 is 9.59 Å². The molecule has 0 radical (unpaired) electrons. The number of hydrogen-bond acceptors (Lipinski definition) is 4. The molecule has 1 aliphatic rings. The average molecular weight is 274 g/mol. The number of carbonyl (C=O) groups is 2. The van der Waals surface area contributed by atoms with Crippen LogP contribution in [0.25, 0.3) is 0 Å². The van der Waals surface area contributed by atoms with Crippen LogP contribution in [-0.2, 0) is 9.59 Å². The Bertz CT molecular complexity index is 577. The zero-order valence-electron chi connectivity index (χ0n) is 10.8. The van der Waals surface area contributed by atoms with E-state index in [1.54, 1.807) is 17.0 Å². The highest BCUT2D eigenvalue weighted by Crippen LogP contribution is 2.31. The molecule has 0 bridgehead atoms. The standard InChI is InChI=1S/C14H14N2O2S/c1-9-3-4-11(7-15)5-13(9)16-8-12(6-14(16)18)19-10(2)17/h3-5,12H,6,8H2,1-2H3. The second-order valence-corrected chi connectivity index (χ2v) is 6.03. The monoisotopic (exact) mass is 274 g/mol. The fourth-order valence-corrected chi connectivity index (χ4v) is 3.11. The second-order valence-electron chi connectivity index (χ2n) is 4.55. The molecule has 0 aliphatic carbocycles. The Hall–Kier alpha value is -1.80. The van der Waals surface area contributed by atoms with Gasteiger partial charge in [-0.3, -0.25) is 9.59 Å². The first-order valence-corrected chi connectivity index (χ1v) is 6.87. The van der Waals surface area contributed by atoms with Gasteiger partial charge in [0.2, 0.25) is 5.91 Å². The third-order valence-electron chi connectivity index (χ3n) is 3.05. The molecule has 1 fully saturated rings. The van der Waals surface area contributed by atoms with Crippen LogP contribution in [0.1, 0.15) is 24.5 Å². The van der Waals surface area contributed by atoms with Gasteiger partial charge in [-0.15, -0.1) is 0 Å². The van der Waals surface area contributed by atoms with E-state index in [1.165, 1.54) is 18.7 Å². The molecule has 0 spiro atoms. The summed E-state index contributed by atoms with van der Waals surface area (Å²) in [5, 5.41) is 8.97. The lowest BCUT2D eigenvalue weighted by molar-refractivity contribution is -0.117. The summed E-state index contributed by atoms with van der Waals surface area (Å²) in [7, 11) is 0. The van der Waals surface area contributed by atoms with Crippen LogP contribution in [0.2, 0.25) is 0 Å². The van der Waals surface area contributed by atoms with Gasteiger partial charge in [0.05, 0.1) is 11.6 Å². The number of anilines is 1. The Labute approximate surface area is 116 Å². The van der Waals surface area contributed by atoms with Gasteiger partial charge in [-0.05, 0) is 24.6 Å². The molecule has 2 rings (SSSR count). The summed E-state index contributed by atoms with van der Waals surface area (Å²) in [5.41, 5.74) is 2.27. The van der Waals surface area contributed by atoms with Crippen molar-refractivity contribution in [2.24, 2.45) is 0 Å². The highest BCUT2D eigenvalue weighted by atomic mass is 32.2. The fraction of sp³-hybridized carbons (Fsp3) is 0.357. The second kappa shape index (κ2) is 5.45. The van der Waals surface area contributed by atoms with E-state index in [1.807, 2.05) is 13.0 Å². The molecule has 1 saturated heterocycles. The third-order valence-corrected chi connectivity index (χ3v) is 4.03. The number of benzene rings is 1. The summed E-state index contributed by atoms with van der Waals surface area (Å²) in [6, 6.07) is 7.39. The molecule has 0 aromatic heterocycles. The largest absolute Gasteiger partial charge is 0.311 e. The van der Waals surface area contributed by atoms with Crippen LogP contribution in [0, 0.1) is 18.3 Å². The molecule has 1 unspecified atom stereocenters. The van der Waals surface area contributed by atoms with Crippen LogP contribution >= 0.6 is 11.8 Å². The molecule has 1 atom stereocenters. The lowest BCUT2D eigenvalue weighted by Crippen LogP contribution is -2.25. The van der Waals surface area contributed by atoms with Crippen LogP contribution in [0.15, 0.2) is 18.2 Å². The van der Waals surface area contributed by atoms with E-state index in [0.717, 1.165) is 11.3 Å². The number of thioether (sulfide) groups is 1. The number of aryl methyl sites for hydroxylation is 1. The SMILES string of the molecule is CC(=O)SC1CC(=O)N(c2cc(C#N)ccc2C)C1. The number of amides is 1. The molecule has 0 saturated carbocycles. The van der Waals surface area contributed by atoms with Crippen molar-refractivity contribution in [3.8, 4) is 6.07 Å². The Morgan fingerprint density at radius 1 is 1.53 bits per heavy atom. The Morgan fingerprint density at radius 2 is 2.26 bits per heavy atom. The van der Waals surface area contributed by atoms with Gasteiger partial charge < -0.3 is 4.90 Å². The minimum Gasteiger partial charge on any atom is -0.311 e. The van der Waals surface area contributed by atoms with Crippen molar-refractivity contribution in [1.82, 2.24) is 0 Å². The number of carbonyl (C=O) groups excluding carboxylic acids is 2. The van der Waals surface area contributed by atoms with Crippen molar-refractivity contribution in [2.45, 2.75) is 25.5 Å². The van der Waals surface area contributed by atoms with Gasteiger partial charge in [0.1, 0.15) is 0 Å². The molecule has 1 amide bonds.